The van der Waals surface area contributed by atoms with Crippen molar-refractivity contribution < 1.29 is 5.11 Å². The number of phenolic OH excluding ortho intramolecular Hbond substituents is 1. The molecule has 0 aliphatic rings. The van der Waals surface area contributed by atoms with E-state index in [1.165, 1.54) is 16.9 Å². The number of nitrogens with zero attached hydrogens (tertiary/aromatic N) is 2. The molecule has 36 heavy (non-hydrogen) atoms. The first-order chi connectivity index (χ1) is 17.7. The molecular weight excluding hydrogens is 484 g/mol. The smallest absolute Gasteiger partial charge is 0.263 e. The Morgan fingerprint density at radius 2 is 1.58 bits per heavy atom. The van der Waals surface area contributed by atoms with Gasteiger partial charge in [-0.2, -0.15) is 0 Å². The maximum atomic E-state index is 14.0. The van der Waals surface area contributed by atoms with Crippen molar-refractivity contribution in [2.75, 3.05) is 0 Å². The van der Waals surface area contributed by atoms with Crippen LogP contribution in [-0.4, -0.2) is 14.7 Å². The van der Waals surface area contributed by atoms with Crippen LogP contribution in [0.15, 0.2) is 95.1 Å². The first kappa shape index (κ1) is 22.7. The fraction of sp³-hybridized carbons (Fsp3) is 0.133. The molecule has 0 saturated carbocycles. The maximum Gasteiger partial charge on any atom is 0.263 e. The highest BCUT2D eigenvalue weighted by molar-refractivity contribution is 7.25. The molecule has 178 valence electrons. The molecule has 0 atom stereocenters. The van der Waals surface area contributed by atoms with Gasteiger partial charge in [0.25, 0.3) is 5.56 Å². The van der Waals surface area contributed by atoms with Crippen LogP contribution in [-0.2, 0) is 25.8 Å². The van der Waals surface area contributed by atoms with Crippen molar-refractivity contribution in [2.24, 2.45) is 0 Å². The third-order valence-electron chi connectivity index (χ3n) is 6.44. The summed E-state index contributed by atoms with van der Waals surface area (Å²) in [6.45, 7) is 0.497. The fourth-order valence-electron chi connectivity index (χ4n) is 4.69. The van der Waals surface area contributed by atoms with E-state index in [9.17, 15) is 9.90 Å². The number of hydrogen-bond acceptors (Lipinski definition) is 5. The van der Waals surface area contributed by atoms with Gasteiger partial charge in [0.2, 0.25) is 0 Å². The Kier molecular flexibility index (Phi) is 6.13. The van der Waals surface area contributed by atoms with Crippen LogP contribution in [0.1, 0.15) is 27.4 Å². The van der Waals surface area contributed by atoms with Gasteiger partial charge in [-0.1, -0.05) is 66.7 Å². The molecule has 3 heterocycles. The van der Waals surface area contributed by atoms with Gasteiger partial charge in [0.05, 0.1) is 16.6 Å². The predicted molar refractivity (Wildman–Crippen MR) is 150 cm³/mol. The molecule has 0 aliphatic carbocycles. The summed E-state index contributed by atoms with van der Waals surface area (Å²) < 4.78 is 2.54. The number of phenols is 1. The second-order valence-electron chi connectivity index (χ2n) is 8.92. The van der Waals surface area contributed by atoms with Crippen LogP contribution in [0.2, 0.25) is 0 Å². The summed E-state index contributed by atoms with van der Waals surface area (Å²) in [6.07, 6.45) is 2.16. The van der Waals surface area contributed by atoms with Crippen molar-refractivity contribution in [3.8, 4) is 5.75 Å². The molecule has 4 nitrogen and oxygen atoms in total. The van der Waals surface area contributed by atoms with Gasteiger partial charge in [-0.3, -0.25) is 9.36 Å². The molecular formula is C30H24N2O2S2. The van der Waals surface area contributed by atoms with Crippen LogP contribution in [0.3, 0.4) is 0 Å². The molecule has 0 bridgehead atoms. The van der Waals surface area contributed by atoms with Crippen LogP contribution in [0.5, 0.6) is 5.75 Å². The Labute approximate surface area is 216 Å². The molecule has 6 heteroatoms. The Bertz CT molecular complexity index is 1700. The Morgan fingerprint density at radius 1 is 0.833 bits per heavy atom. The van der Waals surface area contributed by atoms with E-state index in [-0.39, 0.29) is 11.3 Å². The molecule has 0 spiro atoms. The summed E-state index contributed by atoms with van der Waals surface area (Å²) in [5.74, 6) is 0.983. The lowest BCUT2D eigenvalue weighted by Crippen LogP contribution is -2.25. The highest BCUT2D eigenvalue weighted by atomic mass is 32.1. The molecule has 0 radical (unpaired) electrons. The molecule has 0 unspecified atom stereocenters. The highest BCUT2D eigenvalue weighted by Gasteiger charge is 2.19. The zero-order chi connectivity index (χ0) is 24.5. The summed E-state index contributed by atoms with van der Waals surface area (Å²) in [6, 6.07) is 28.4. The number of fused-ring (bicyclic) bond motifs is 3. The van der Waals surface area contributed by atoms with Gasteiger partial charge >= 0.3 is 0 Å². The van der Waals surface area contributed by atoms with E-state index in [4.69, 9.17) is 4.98 Å². The third-order valence-corrected chi connectivity index (χ3v) is 8.42. The Balaban J connectivity index is 1.48. The van der Waals surface area contributed by atoms with Gasteiger partial charge in [0, 0.05) is 16.7 Å². The zero-order valence-corrected chi connectivity index (χ0v) is 21.2. The second kappa shape index (κ2) is 9.72. The van der Waals surface area contributed by atoms with Gasteiger partial charge in [-0.15, -0.1) is 22.7 Å². The number of rotatable bonds is 7. The predicted octanol–water partition coefficient (Wildman–Crippen LogP) is 6.80. The molecule has 6 aromatic rings. The largest absolute Gasteiger partial charge is 0.506 e. The Morgan fingerprint density at radius 3 is 2.31 bits per heavy atom. The van der Waals surface area contributed by atoms with E-state index < -0.39 is 0 Å². The quantitative estimate of drug-likeness (QED) is 0.258. The van der Waals surface area contributed by atoms with E-state index in [1.807, 2.05) is 64.5 Å². The number of aryl methyl sites for hydroxylation is 2. The van der Waals surface area contributed by atoms with Gasteiger partial charge < -0.3 is 5.11 Å². The molecule has 1 N–H and O–H groups in total. The summed E-state index contributed by atoms with van der Waals surface area (Å²) in [5, 5.41) is 14.3. The van der Waals surface area contributed by atoms with Crippen molar-refractivity contribution in [3.63, 3.8) is 0 Å². The van der Waals surface area contributed by atoms with Gasteiger partial charge in [0.1, 0.15) is 16.4 Å². The monoisotopic (exact) mass is 508 g/mol. The van der Waals surface area contributed by atoms with Crippen molar-refractivity contribution in [1.82, 2.24) is 9.55 Å². The molecule has 3 aromatic heterocycles. The SMILES string of the molecule is O=c1c2c(nc(CCc3ccccc3)n1Cc1cccs1)sc1c(O)cc(Cc3ccccc3)cc12. The average molecular weight is 509 g/mol. The van der Waals surface area contributed by atoms with Crippen molar-refractivity contribution in [1.29, 1.82) is 0 Å². The molecule has 6 rings (SSSR count). The normalized spacial score (nSPS) is 11.4. The summed E-state index contributed by atoms with van der Waals surface area (Å²) in [4.78, 5) is 20.8. The molecule has 0 amide bonds. The van der Waals surface area contributed by atoms with Crippen LogP contribution in [0.25, 0.3) is 20.3 Å². The third kappa shape index (κ3) is 4.45. The minimum absolute atomic E-state index is 0.0426. The zero-order valence-electron chi connectivity index (χ0n) is 19.6. The van der Waals surface area contributed by atoms with E-state index in [2.05, 4.69) is 30.3 Å². The van der Waals surface area contributed by atoms with Gasteiger partial charge in [-0.05, 0) is 53.1 Å². The first-order valence-corrected chi connectivity index (χ1v) is 13.6. The van der Waals surface area contributed by atoms with E-state index in [1.54, 1.807) is 11.3 Å². The molecule has 0 fully saturated rings. The molecule has 0 saturated heterocycles. The van der Waals surface area contributed by atoms with Crippen LogP contribution >= 0.6 is 22.7 Å². The summed E-state index contributed by atoms with van der Waals surface area (Å²) in [5.41, 5.74) is 3.31. The van der Waals surface area contributed by atoms with Crippen LogP contribution < -0.4 is 5.56 Å². The maximum absolute atomic E-state index is 14.0. The molecule has 0 aliphatic heterocycles. The van der Waals surface area contributed by atoms with Crippen LogP contribution in [0.4, 0.5) is 0 Å². The van der Waals surface area contributed by atoms with E-state index in [0.29, 0.717) is 34.3 Å². The number of benzene rings is 3. The minimum atomic E-state index is -0.0426. The summed E-state index contributed by atoms with van der Waals surface area (Å²) >= 11 is 3.04. The fourth-order valence-corrected chi connectivity index (χ4v) is 6.46. The van der Waals surface area contributed by atoms with Gasteiger partial charge in [0.15, 0.2) is 0 Å². The summed E-state index contributed by atoms with van der Waals surface area (Å²) in [7, 11) is 0. The van der Waals surface area contributed by atoms with Crippen molar-refractivity contribution in [3.05, 3.63) is 128 Å². The number of aromatic hydroxyl groups is 1. The minimum Gasteiger partial charge on any atom is -0.506 e. The first-order valence-electron chi connectivity index (χ1n) is 11.9. The van der Waals surface area contributed by atoms with Crippen LogP contribution in [0, 0.1) is 0 Å². The van der Waals surface area contributed by atoms with Crippen molar-refractivity contribution >= 4 is 43.0 Å². The van der Waals surface area contributed by atoms with E-state index >= 15 is 0 Å². The average Bonchev–Trinajstić information content (AvgIpc) is 3.54. The lowest BCUT2D eigenvalue weighted by Gasteiger charge is -2.12. The number of aromatic nitrogens is 2. The lowest BCUT2D eigenvalue weighted by molar-refractivity contribution is 0.482. The second-order valence-corrected chi connectivity index (χ2v) is 11.0. The molecule has 3 aromatic carbocycles. The van der Waals surface area contributed by atoms with Crippen molar-refractivity contribution in [2.45, 2.75) is 25.8 Å². The number of thiophene rings is 2. The topological polar surface area (TPSA) is 55.1 Å². The lowest BCUT2D eigenvalue weighted by atomic mass is 10.0. The standard InChI is InChI=1S/C30H24N2O2S2/c33-25-18-22(16-21-10-5-2-6-11-21)17-24-27-29(36-28(24)25)31-26(14-13-20-8-3-1-4-9-20)32(30(27)34)19-23-12-7-15-35-23/h1-12,15,17-18,33H,13-14,16,19H2. The number of hydrogen-bond donors (Lipinski definition) is 1. The van der Waals surface area contributed by atoms with Gasteiger partial charge in [-0.25, -0.2) is 4.98 Å². The Hall–Kier alpha value is -3.74. The van der Waals surface area contributed by atoms with E-state index in [0.717, 1.165) is 33.6 Å². The highest BCUT2D eigenvalue weighted by Crippen LogP contribution is 2.38.